The topological polar surface area (TPSA) is 210 Å². The van der Waals surface area contributed by atoms with Crippen LogP contribution in [0.3, 0.4) is 0 Å². The van der Waals surface area contributed by atoms with Gasteiger partial charge in [-0.2, -0.15) is 5.26 Å². The maximum absolute atomic E-state index is 13.1. The molecule has 0 heterocycles. The summed E-state index contributed by atoms with van der Waals surface area (Å²) in [5.74, 6) is -4.94. The van der Waals surface area contributed by atoms with Crippen molar-refractivity contribution in [1.82, 2.24) is 21.3 Å². The Balaban J connectivity index is 1.59. The van der Waals surface area contributed by atoms with Crippen molar-refractivity contribution in [2.24, 2.45) is 11.7 Å². The number of nitrogens with two attached hydrogens (primary N) is 1. The number of nitriles is 1. The Morgan fingerprint density at radius 1 is 0.870 bits per heavy atom. The van der Waals surface area contributed by atoms with Gasteiger partial charge in [-0.3, -0.25) is 24.0 Å². The molecule has 240 valence electrons. The highest BCUT2D eigenvalue weighted by atomic mass is 16.6. The number of fused-ring (bicyclic) bond motifs is 1. The number of nitrogens with one attached hydrogen (secondary N) is 4. The summed E-state index contributed by atoms with van der Waals surface area (Å²) in [6, 6.07) is 19.3. The first-order chi connectivity index (χ1) is 22.0. The summed E-state index contributed by atoms with van der Waals surface area (Å²) in [5, 5.41) is 20.6. The molecule has 46 heavy (non-hydrogen) atoms. The maximum Gasteiger partial charge on any atom is 0.413 e. The van der Waals surface area contributed by atoms with Gasteiger partial charge in [0, 0.05) is 6.42 Å². The number of amides is 5. The molecule has 0 aliphatic carbocycles. The van der Waals surface area contributed by atoms with Crippen LogP contribution in [0.5, 0.6) is 5.75 Å². The summed E-state index contributed by atoms with van der Waals surface area (Å²) in [4.78, 5) is 75.9. The lowest BCUT2D eigenvalue weighted by Crippen LogP contribution is -2.56. The molecule has 0 aliphatic rings. The van der Waals surface area contributed by atoms with Gasteiger partial charge in [0.25, 0.3) is 5.91 Å². The number of Topliss-reactive ketones (excluding diaryl/α,β-unsaturated/α-hetero) is 1. The molecule has 13 nitrogen and oxygen atoms in total. The van der Waals surface area contributed by atoms with Crippen molar-refractivity contribution in [3.63, 3.8) is 0 Å². The third-order valence-corrected chi connectivity index (χ3v) is 7.22. The average Bonchev–Trinajstić information content (AvgIpc) is 3.05. The van der Waals surface area contributed by atoms with Crippen LogP contribution in [-0.4, -0.2) is 60.2 Å². The molecular weight excluding hydrogens is 592 g/mol. The highest BCUT2D eigenvalue weighted by Crippen LogP contribution is 2.17. The quantitative estimate of drug-likeness (QED) is 0.156. The smallest absolute Gasteiger partial charge is 0.410 e. The van der Waals surface area contributed by atoms with Crippen molar-refractivity contribution < 1.29 is 33.5 Å². The lowest BCUT2D eigenvalue weighted by molar-refractivity contribution is -0.141. The number of ketones is 1. The molecule has 0 saturated heterocycles. The average molecular weight is 629 g/mol. The lowest BCUT2D eigenvalue weighted by Gasteiger charge is -2.25. The van der Waals surface area contributed by atoms with Crippen LogP contribution in [0.15, 0.2) is 72.8 Å². The van der Waals surface area contributed by atoms with Crippen LogP contribution in [0.2, 0.25) is 0 Å². The number of primary amides is 1. The van der Waals surface area contributed by atoms with Crippen molar-refractivity contribution in [1.29, 1.82) is 5.26 Å². The SMILES string of the molecule is CCC(C)C(NC(=O)C(CC#N)NC(=O)Oc1ccccc1)C(=O)C(=O)NCC(=O)NC(Cc1ccc2ccccc2c1)C(N)=O. The molecule has 3 aromatic carbocycles. The van der Waals surface area contributed by atoms with Crippen LogP contribution in [0.1, 0.15) is 32.3 Å². The largest absolute Gasteiger partial charge is 0.413 e. The fourth-order valence-electron chi connectivity index (χ4n) is 4.48. The summed E-state index contributed by atoms with van der Waals surface area (Å²) >= 11 is 0. The zero-order valence-corrected chi connectivity index (χ0v) is 25.4. The first kappa shape index (κ1) is 34.7. The molecule has 13 heteroatoms. The van der Waals surface area contributed by atoms with Gasteiger partial charge in [0.05, 0.1) is 25.1 Å². The van der Waals surface area contributed by atoms with E-state index in [1.165, 1.54) is 12.1 Å². The van der Waals surface area contributed by atoms with Crippen LogP contribution < -0.4 is 31.7 Å². The highest BCUT2D eigenvalue weighted by molar-refractivity contribution is 6.38. The number of nitrogens with zero attached hydrogens (tertiary/aromatic N) is 1. The van der Waals surface area contributed by atoms with Gasteiger partial charge in [-0.15, -0.1) is 0 Å². The van der Waals surface area contributed by atoms with E-state index >= 15 is 0 Å². The molecule has 3 aromatic rings. The van der Waals surface area contributed by atoms with E-state index in [1.54, 1.807) is 38.1 Å². The summed E-state index contributed by atoms with van der Waals surface area (Å²) in [5.41, 5.74) is 6.27. The second kappa shape index (κ2) is 16.9. The monoisotopic (exact) mass is 628 g/mol. The predicted molar refractivity (Wildman–Crippen MR) is 168 cm³/mol. The maximum atomic E-state index is 13.1. The Morgan fingerprint density at radius 3 is 2.20 bits per heavy atom. The predicted octanol–water partition coefficient (Wildman–Crippen LogP) is 1.64. The van der Waals surface area contributed by atoms with Crippen molar-refractivity contribution in [2.45, 2.75) is 51.2 Å². The van der Waals surface area contributed by atoms with Gasteiger partial charge in [0.2, 0.25) is 23.5 Å². The number of carbonyl (C=O) groups is 6. The highest BCUT2D eigenvalue weighted by Gasteiger charge is 2.33. The molecule has 0 fully saturated rings. The second-order valence-corrected chi connectivity index (χ2v) is 10.6. The van der Waals surface area contributed by atoms with E-state index in [9.17, 15) is 34.0 Å². The van der Waals surface area contributed by atoms with Gasteiger partial charge in [-0.25, -0.2) is 4.79 Å². The zero-order chi connectivity index (χ0) is 33.6. The van der Waals surface area contributed by atoms with E-state index < -0.39 is 72.5 Å². The van der Waals surface area contributed by atoms with Gasteiger partial charge in [-0.05, 0) is 34.4 Å². The van der Waals surface area contributed by atoms with Crippen molar-refractivity contribution in [3.05, 3.63) is 78.4 Å². The third kappa shape index (κ3) is 10.2. The number of para-hydroxylation sites is 1. The minimum absolute atomic E-state index is 0.109. The van der Waals surface area contributed by atoms with E-state index in [-0.39, 0.29) is 12.2 Å². The Hall–Kier alpha value is -5.77. The Labute approximate surface area is 265 Å². The standard InChI is InChI=1S/C33H36N6O7/c1-3-20(2)28(39-31(43)25(15-16-34)38-33(45)46-24-11-5-4-6-12-24)29(41)32(44)36-19-27(40)37-26(30(35)42)18-21-13-14-22-9-7-8-10-23(22)17-21/h4-14,17,20,25-26,28H,3,15,18-19H2,1-2H3,(H2,35,42)(H,36,44)(H,37,40)(H,38,45)(H,39,43). The fraction of sp³-hybridized carbons (Fsp3) is 0.303. The number of rotatable bonds is 15. The van der Waals surface area contributed by atoms with Gasteiger partial charge in [-0.1, -0.05) is 80.9 Å². The number of carbonyl (C=O) groups excluding carboxylic acids is 6. The molecular formula is C33H36N6O7. The van der Waals surface area contributed by atoms with Gasteiger partial charge in [0.15, 0.2) is 0 Å². The molecule has 3 rings (SSSR count). The van der Waals surface area contributed by atoms with Gasteiger partial charge < -0.3 is 31.7 Å². The fourth-order valence-corrected chi connectivity index (χ4v) is 4.48. The van der Waals surface area contributed by atoms with Crippen LogP contribution >= 0.6 is 0 Å². The van der Waals surface area contributed by atoms with Gasteiger partial charge >= 0.3 is 6.09 Å². The van der Waals surface area contributed by atoms with Crippen LogP contribution in [0, 0.1) is 17.2 Å². The number of ether oxygens (including phenoxy) is 1. The first-order valence-corrected chi connectivity index (χ1v) is 14.6. The Bertz CT molecular complexity index is 1620. The molecule has 0 spiro atoms. The number of hydrogen-bond donors (Lipinski definition) is 5. The minimum Gasteiger partial charge on any atom is -0.410 e. The third-order valence-electron chi connectivity index (χ3n) is 7.22. The lowest BCUT2D eigenvalue weighted by atomic mass is 9.94. The molecule has 0 saturated carbocycles. The molecule has 0 radical (unpaired) electrons. The Kier molecular flexibility index (Phi) is 12.8. The normalized spacial score (nSPS) is 13.2. The van der Waals surface area contributed by atoms with Crippen molar-refractivity contribution >= 4 is 46.3 Å². The van der Waals surface area contributed by atoms with Gasteiger partial charge in [0.1, 0.15) is 17.8 Å². The number of benzene rings is 3. The Morgan fingerprint density at radius 2 is 1.54 bits per heavy atom. The molecule has 5 amide bonds. The molecule has 0 aromatic heterocycles. The van der Waals surface area contributed by atoms with Crippen LogP contribution in [0.25, 0.3) is 10.8 Å². The molecule has 6 N–H and O–H groups in total. The second-order valence-electron chi connectivity index (χ2n) is 10.6. The van der Waals surface area contributed by atoms with E-state index in [1.807, 2.05) is 42.5 Å². The summed E-state index contributed by atoms with van der Waals surface area (Å²) in [6.45, 7) is 2.73. The molecule has 0 bridgehead atoms. The van der Waals surface area contributed by atoms with Crippen molar-refractivity contribution in [2.75, 3.05) is 6.54 Å². The number of hydrogen-bond acceptors (Lipinski definition) is 8. The summed E-state index contributed by atoms with van der Waals surface area (Å²) < 4.78 is 5.11. The first-order valence-electron chi connectivity index (χ1n) is 14.6. The molecule has 4 unspecified atom stereocenters. The van der Waals surface area contributed by atoms with E-state index in [0.717, 1.165) is 16.3 Å². The summed E-state index contributed by atoms with van der Waals surface area (Å²) in [6.07, 6.45) is -0.945. The molecule has 0 aliphatic heterocycles. The summed E-state index contributed by atoms with van der Waals surface area (Å²) in [7, 11) is 0. The van der Waals surface area contributed by atoms with Crippen LogP contribution in [0.4, 0.5) is 4.79 Å². The minimum atomic E-state index is -1.39. The van der Waals surface area contributed by atoms with Crippen LogP contribution in [-0.2, 0) is 30.4 Å². The van der Waals surface area contributed by atoms with E-state index in [0.29, 0.717) is 6.42 Å². The van der Waals surface area contributed by atoms with Crippen molar-refractivity contribution in [3.8, 4) is 11.8 Å². The van der Waals surface area contributed by atoms with E-state index in [2.05, 4.69) is 21.3 Å². The van der Waals surface area contributed by atoms with E-state index in [4.69, 9.17) is 10.5 Å². The molecule has 4 atom stereocenters. The zero-order valence-electron chi connectivity index (χ0n) is 25.4.